The van der Waals surface area contributed by atoms with Crippen LogP contribution in [0.15, 0.2) is 53.7 Å². The van der Waals surface area contributed by atoms with Crippen LogP contribution in [-0.2, 0) is 17.9 Å². The van der Waals surface area contributed by atoms with Crippen molar-refractivity contribution in [1.29, 1.82) is 0 Å². The number of amides is 2. The van der Waals surface area contributed by atoms with Crippen LogP contribution >= 0.6 is 0 Å². The lowest BCUT2D eigenvalue weighted by atomic mass is 9.95. The van der Waals surface area contributed by atoms with Gasteiger partial charge in [0.05, 0.1) is 49.0 Å². The monoisotopic (exact) mass is 516 g/mol. The number of fused-ring (bicyclic) bond motifs is 7. The number of nitrogens with zero attached hydrogens (tertiary/aromatic N) is 4. The van der Waals surface area contributed by atoms with Gasteiger partial charge in [0.2, 0.25) is 6.41 Å². The van der Waals surface area contributed by atoms with E-state index in [4.69, 9.17) is 0 Å². The molecule has 38 heavy (non-hydrogen) atoms. The van der Waals surface area contributed by atoms with Crippen LogP contribution in [0.5, 0.6) is 0 Å². The average Bonchev–Trinajstić information content (AvgIpc) is 3.44. The number of benzene rings is 3. The van der Waals surface area contributed by atoms with Crippen LogP contribution in [0.4, 0.5) is 0 Å². The van der Waals surface area contributed by atoms with Crippen molar-refractivity contribution in [3.05, 3.63) is 64.6 Å². The lowest BCUT2D eigenvalue weighted by Gasteiger charge is -2.18. The summed E-state index contributed by atoms with van der Waals surface area (Å²) in [6.07, 6.45) is -0.612. The molecule has 0 saturated carbocycles. The minimum atomic E-state index is -1.08. The number of aryl methyl sites for hydroxylation is 1. The summed E-state index contributed by atoms with van der Waals surface area (Å²) in [6.45, 7) is 1.05. The number of para-hydroxylation sites is 2. The molecule has 0 aliphatic heterocycles. The SMILES string of the molecule is Cc1c(C(=O)N(C)C=O)c2c3ccccc3n(CC(O)CO)c2c2c1c1ccccc1n2CC(CO)N=O. The maximum Gasteiger partial charge on any atom is 0.260 e. The molecule has 5 aromatic rings. The third kappa shape index (κ3) is 3.76. The molecule has 3 aromatic carbocycles. The van der Waals surface area contributed by atoms with E-state index in [1.807, 2.05) is 64.6 Å². The fraction of sp³-hybridized carbons (Fsp3) is 0.286. The molecule has 2 amide bonds. The average molecular weight is 517 g/mol. The molecule has 2 aromatic heterocycles. The summed E-state index contributed by atoms with van der Waals surface area (Å²) in [5.41, 5.74) is 3.83. The number of aliphatic hydroxyl groups excluding tert-OH is 3. The Bertz CT molecular complexity index is 1720. The van der Waals surface area contributed by atoms with Crippen LogP contribution in [-0.4, -0.2) is 74.1 Å². The Hall–Kier alpha value is -4.12. The highest BCUT2D eigenvalue weighted by atomic mass is 16.3. The van der Waals surface area contributed by atoms with Crippen LogP contribution in [0.3, 0.4) is 0 Å². The van der Waals surface area contributed by atoms with Gasteiger partial charge in [-0.1, -0.05) is 41.6 Å². The van der Waals surface area contributed by atoms with Crippen LogP contribution in [0.1, 0.15) is 15.9 Å². The van der Waals surface area contributed by atoms with Crippen molar-refractivity contribution < 1.29 is 24.9 Å². The van der Waals surface area contributed by atoms with Crippen LogP contribution < -0.4 is 0 Å². The van der Waals surface area contributed by atoms with Crippen LogP contribution in [0, 0.1) is 11.8 Å². The molecule has 10 nitrogen and oxygen atoms in total. The summed E-state index contributed by atoms with van der Waals surface area (Å²) >= 11 is 0. The highest BCUT2D eigenvalue weighted by Gasteiger charge is 2.29. The molecule has 10 heteroatoms. The zero-order chi connectivity index (χ0) is 27.1. The highest BCUT2D eigenvalue weighted by molar-refractivity contribution is 6.30. The summed E-state index contributed by atoms with van der Waals surface area (Å²) < 4.78 is 3.78. The second-order valence-corrected chi connectivity index (χ2v) is 9.50. The Morgan fingerprint density at radius 1 is 0.947 bits per heavy atom. The van der Waals surface area contributed by atoms with Gasteiger partial charge in [0.25, 0.3) is 5.91 Å². The number of imide groups is 1. The molecule has 0 aliphatic carbocycles. The van der Waals surface area contributed by atoms with Crippen molar-refractivity contribution in [3.63, 3.8) is 0 Å². The zero-order valence-electron chi connectivity index (χ0n) is 21.0. The third-order valence-electron chi connectivity index (χ3n) is 7.22. The van der Waals surface area contributed by atoms with Crippen molar-refractivity contribution >= 4 is 55.9 Å². The minimum absolute atomic E-state index is 0.0344. The van der Waals surface area contributed by atoms with Gasteiger partial charge in [0.15, 0.2) is 0 Å². The Kier molecular flexibility index (Phi) is 6.70. The lowest BCUT2D eigenvalue weighted by molar-refractivity contribution is -0.115. The summed E-state index contributed by atoms with van der Waals surface area (Å²) in [4.78, 5) is 37.9. The molecular formula is C28H28N4O6. The first-order chi connectivity index (χ1) is 18.4. The topological polar surface area (TPSA) is 137 Å². The standard InChI is InChI=1S/C28H28N4O6/c1-16-23-19-7-3-5-9-21(19)31(11-17(13-33)29-38)26(23)27-25(24(16)28(37)30(2)15-35)20-8-4-6-10-22(20)32(27)12-18(36)14-34/h3-10,15,17-18,33-34,36H,11-14H2,1-2H3. The van der Waals surface area contributed by atoms with Crippen molar-refractivity contribution in [2.45, 2.75) is 32.2 Å². The third-order valence-corrected chi connectivity index (χ3v) is 7.22. The Morgan fingerprint density at radius 2 is 1.50 bits per heavy atom. The number of carbonyl (C=O) groups is 2. The van der Waals surface area contributed by atoms with E-state index in [0.717, 1.165) is 32.1 Å². The van der Waals surface area contributed by atoms with Gasteiger partial charge in [-0.25, -0.2) is 0 Å². The molecule has 0 fully saturated rings. The van der Waals surface area contributed by atoms with Crippen molar-refractivity contribution in [2.24, 2.45) is 5.18 Å². The number of hydrogen-bond acceptors (Lipinski definition) is 7. The molecule has 196 valence electrons. The molecule has 2 atom stereocenters. The Balaban J connectivity index is 2.10. The summed E-state index contributed by atoms with van der Waals surface area (Å²) in [5.74, 6) is -0.477. The number of carbonyl (C=O) groups excluding carboxylic acids is 2. The van der Waals surface area contributed by atoms with Crippen LogP contribution in [0.2, 0.25) is 0 Å². The first kappa shape index (κ1) is 25.5. The van der Waals surface area contributed by atoms with Crippen molar-refractivity contribution in [1.82, 2.24) is 14.0 Å². The normalized spacial score (nSPS) is 13.4. The summed E-state index contributed by atoms with van der Waals surface area (Å²) in [7, 11) is 1.41. The fourth-order valence-electron chi connectivity index (χ4n) is 5.52. The van der Waals surface area contributed by atoms with E-state index < -0.39 is 31.3 Å². The van der Waals surface area contributed by atoms with Gasteiger partial charge in [0.1, 0.15) is 6.04 Å². The largest absolute Gasteiger partial charge is 0.394 e. The Morgan fingerprint density at radius 3 is 2.05 bits per heavy atom. The first-order valence-electron chi connectivity index (χ1n) is 12.3. The molecule has 2 unspecified atom stereocenters. The van der Waals surface area contributed by atoms with Gasteiger partial charge in [-0.2, -0.15) is 4.91 Å². The number of aliphatic hydroxyl groups is 3. The maximum atomic E-state index is 13.7. The van der Waals surface area contributed by atoms with Gasteiger partial charge in [0, 0.05) is 39.6 Å². The van der Waals surface area contributed by atoms with Gasteiger partial charge >= 0.3 is 0 Å². The smallest absolute Gasteiger partial charge is 0.260 e. The van der Waals surface area contributed by atoms with Crippen molar-refractivity contribution in [3.8, 4) is 0 Å². The van der Waals surface area contributed by atoms with E-state index in [0.29, 0.717) is 34.0 Å². The van der Waals surface area contributed by atoms with Gasteiger partial charge < -0.3 is 24.5 Å². The zero-order valence-corrected chi connectivity index (χ0v) is 21.0. The van der Waals surface area contributed by atoms with E-state index in [2.05, 4.69) is 5.18 Å². The van der Waals surface area contributed by atoms with E-state index >= 15 is 0 Å². The van der Waals surface area contributed by atoms with E-state index in [1.54, 1.807) is 0 Å². The molecule has 0 aliphatic rings. The number of aromatic nitrogens is 2. The summed E-state index contributed by atoms with van der Waals surface area (Å²) in [6, 6.07) is 14.1. The lowest BCUT2D eigenvalue weighted by Crippen LogP contribution is -2.26. The second kappa shape index (κ2) is 9.97. The fourth-order valence-corrected chi connectivity index (χ4v) is 5.52. The van der Waals surface area contributed by atoms with Crippen molar-refractivity contribution in [2.75, 3.05) is 20.3 Å². The van der Waals surface area contributed by atoms with E-state index in [9.17, 15) is 29.8 Å². The number of hydrogen-bond donors (Lipinski definition) is 3. The molecule has 0 spiro atoms. The molecule has 0 radical (unpaired) electrons. The predicted molar refractivity (Wildman–Crippen MR) is 145 cm³/mol. The molecule has 2 heterocycles. The number of rotatable bonds is 9. The molecule has 3 N–H and O–H groups in total. The molecular weight excluding hydrogens is 488 g/mol. The van der Waals surface area contributed by atoms with E-state index in [1.165, 1.54) is 7.05 Å². The van der Waals surface area contributed by atoms with E-state index in [-0.39, 0.29) is 13.1 Å². The molecule has 0 saturated heterocycles. The molecule has 0 bridgehead atoms. The second-order valence-electron chi connectivity index (χ2n) is 9.50. The van der Waals surface area contributed by atoms with Gasteiger partial charge in [-0.3, -0.25) is 14.5 Å². The highest BCUT2D eigenvalue weighted by Crippen LogP contribution is 2.43. The van der Waals surface area contributed by atoms with Gasteiger partial charge in [-0.05, 0) is 24.6 Å². The first-order valence-corrected chi connectivity index (χ1v) is 12.3. The quantitative estimate of drug-likeness (QED) is 0.204. The summed E-state index contributed by atoms with van der Waals surface area (Å²) in [5, 5.41) is 36.0. The minimum Gasteiger partial charge on any atom is -0.394 e. The number of nitroso groups, excluding NO2 is 1. The van der Waals surface area contributed by atoms with Gasteiger partial charge in [-0.15, -0.1) is 0 Å². The maximum absolute atomic E-state index is 13.7. The predicted octanol–water partition coefficient (Wildman–Crippen LogP) is 2.92. The molecule has 5 rings (SSSR count). The Labute approximate surface area is 217 Å². The van der Waals surface area contributed by atoms with Crippen LogP contribution in [0.25, 0.3) is 43.6 Å².